The second kappa shape index (κ2) is 6.99. The number of ether oxygens (including phenoxy) is 1. The molecule has 1 amide bonds. The number of hydrogen-bond donors (Lipinski definition) is 1. The van der Waals surface area contributed by atoms with E-state index in [-0.39, 0.29) is 17.4 Å². The van der Waals surface area contributed by atoms with Crippen LogP contribution in [-0.4, -0.2) is 35.5 Å². The van der Waals surface area contributed by atoms with Crippen molar-refractivity contribution in [1.29, 1.82) is 0 Å². The van der Waals surface area contributed by atoms with Crippen molar-refractivity contribution in [3.05, 3.63) is 35.5 Å². The summed E-state index contributed by atoms with van der Waals surface area (Å²) in [5.41, 5.74) is 5.25. The number of benzene rings is 1. The van der Waals surface area contributed by atoms with Gasteiger partial charge in [0, 0.05) is 30.3 Å². The molecule has 0 saturated heterocycles. The molecule has 0 spiro atoms. The van der Waals surface area contributed by atoms with Crippen LogP contribution in [0.2, 0.25) is 0 Å². The first-order valence-electron chi connectivity index (χ1n) is 8.12. The number of rotatable bonds is 5. The fourth-order valence-electron chi connectivity index (χ4n) is 3.02. The number of aryl methyl sites for hydroxylation is 1. The van der Waals surface area contributed by atoms with Crippen molar-refractivity contribution in [2.75, 3.05) is 18.2 Å². The smallest absolute Gasteiger partial charge is 0.227 e. The van der Waals surface area contributed by atoms with Crippen molar-refractivity contribution >= 4 is 23.4 Å². The Morgan fingerprint density at radius 3 is 2.83 bits per heavy atom. The molecule has 6 heteroatoms. The number of nitrogens with zero attached hydrogens (tertiary/aromatic N) is 2. The van der Waals surface area contributed by atoms with Crippen molar-refractivity contribution in [3.63, 3.8) is 0 Å². The molecule has 1 atom stereocenters. The fourth-order valence-corrected chi connectivity index (χ4v) is 3.79. The first-order chi connectivity index (χ1) is 11.5. The van der Waals surface area contributed by atoms with E-state index in [1.807, 2.05) is 45.5 Å². The van der Waals surface area contributed by atoms with E-state index in [1.54, 1.807) is 16.7 Å². The van der Waals surface area contributed by atoms with Gasteiger partial charge in [0.2, 0.25) is 5.91 Å². The SMILES string of the molecule is CSC(OC(C)C)c1cn[nH]c1-c1ccc2c(c1)CCC(=O)N2C. The number of aromatic nitrogens is 2. The van der Waals surface area contributed by atoms with Crippen LogP contribution in [0, 0.1) is 0 Å². The molecule has 0 fully saturated rings. The van der Waals surface area contributed by atoms with Gasteiger partial charge in [-0.05, 0) is 44.2 Å². The van der Waals surface area contributed by atoms with Crippen LogP contribution in [0.4, 0.5) is 5.69 Å². The average Bonchev–Trinajstić information content (AvgIpc) is 3.05. The topological polar surface area (TPSA) is 58.2 Å². The van der Waals surface area contributed by atoms with E-state index in [0.717, 1.165) is 28.9 Å². The summed E-state index contributed by atoms with van der Waals surface area (Å²) in [5.74, 6) is 0.172. The van der Waals surface area contributed by atoms with Crippen LogP contribution in [0.1, 0.15) is 36.8 Å². The van der Waals surface area contributed by atoms with Crippen LogP contribution in [0.15, 0.2) is 24.4 Å². The molecule has 0 saturated carbocycles. The zero-order chi connectivity index (χ0) is 17.3. The van der Waals surface area contributed by atoms with E-state index in [2.05, 4.69) is 16.3 Å². The molecule has 0 radical (unpaired) electrons. The highest BCUT2D eigenvalue weighted by Gasteiger charge is 2.23. The van der Waals surface area contributed by atoms with Crippen molar-refractivity contribution < 1.29 is 9.53 Å². The van der Waals surface area contributed by atoms with Gasteiger partial charge in [0.15, 0.2) is 0 Å². The van der Waals surface area contributed by atoms with Gasteiger partial charge in [-0.2, -0.15) is 5.10 Å². The van der Waals surface area contributed by atoms with Gasteiger partial charge in [-0.25, -0.2) is 0 Å². The van der Waals surface area contributed by atoms with Crippen LogP contribution in [0.3, 0.4) is 0 Å². The second-order valence-electron chi connectivity index (χ2n) is 6.25. The van der Waals surface area contributed by atoms with Gasteiger partial charge in [-0.3, -0.25) is 9.89 Å². The number of carbonyl (C=O) groups is 1. The van der Waals surface area contributed by atoms with Gasteiger partial charge in [-0.15, -0.1) is 11.8 Å². The summed E-state index contributed by atoms with van der Waals surface area (Å²) in [7, 11) is 1.84. The number of carbonyl (C=O) groups excluding carboxylic acids is 1. The Bertz CT molecular complexity index is 742. The standard InChI is InChI=1S/C18H23N3O2S/c1-11(2)23-18(24-4)14-10-19-20-17(14)13-5-7-15-12(9-13)6-8-16(22)21(15)3/h5,7,9-11,18H,6,8H2,1-4H3,(H,19,20). The molecular formula is C18H23N3O2S. The molecule has 2 heterocycles. The molecule has 0 bridgehead atoms. The summed E-state index contributed by atoms with van der Waals surface area (Å²) in [5, 5.41) is 7.34. The van der Waals surface area contributed by atoms with E-state index in [0.29, 0.717) is 6.42 Å². The Labute approximate surface area is 146 Å². The number of nitrogens with one attached hydrogen (secondary N) is 1. The highest BCUT2D eigenvalue weighted by Crippen LogP contribution is 2.37. The van der Waals surface area contributed by atoms with Gasteiger partial charge < -0.3 is 9.64 Å². The summed E-state index contributed by atoms with van der Waals surface area (Å²) < 4.78 is 6.00. The van der Waals surface area contributed by atoms with Gasteiger partial charge in [-0.1, -0.05) is 6.07 Å². The molecule has 1 aliphatic rings. The molecule has 1 aromatic carbocycles. The summed E-state index contributed by atoms with van der Waals surface area (Å²) in [6.45, 7) is 4.07. The largest absolute Gasteiger partial charge is 0.360 e. The number of amides is 1. The maximum absolute atomic E-state index is 11.8. The zero-order valence-electron chi connectivity index (χ0n) is 14.5. The molecule has 128 valence electrons. The van der Waals surface area contributed by atoms with E-state index in [4.69, 9.17) is 4.74 Å². The average molecular weight is 345 g/mol. The third-order valence-corrected chi connectivity index (χ3v) is 5.04. The summed E-state index contributed by atoms with van der Waals surface area (Å²) in [6, 6.07) is 6.21. The summed E-state index contributed by atoms with van der Waals surface area (Å²) >= 11 is 1.66. The van der Waals surface area contributed by atoms with E-state index in [1.165, 1.54) is 5.56 Å². The Balaban J connectivity index is 1.96. The molecule has 2 aromatic rings. The lowest BCUT2D eigenvalue weighted by Gasteiger charge is -2.26. The molecule has 0 aliphatic carbocycles. The number of aromatic amines is 1. The number of fused-ring (bicyclic) bond motifs is 1. The van der Waals surface area contributed by atoms with Gasteiger partial charge in [0.25, 0.3) is 0 Å². The lowest BCUT2D eigenvalue weighted by molar-refractivity contribution is -0.118. The van der Waals surface area contributed by atoms with Crippen LogP contribution < -0.4 is 4.90 Å². The van der Waals surface area contributed by atoms with Crippen LogP contribution >= 0.6 is 11.8 Å². The summed E-state index contributed by atoms with van der Waals surface area (Å²) in [4.78, 5) is 13.6. The number of H-pyrrole nitrogens is 1. The van der Waals surface area contributed by atoms with E-state index in [9.17, 15) is 4.79 Å². The minimum atomic E-state index is -0.0565. The normalized spacial score (nSPS) is 15.7. The van der Waals surface area contributed by atoms with Gasteiger partial charge in [0.1, 0.15) is 5.44 Å². The molecular weight excluding hydrogens is 322 g/mol. The predicted octanol–water partition coefficient (Wildman–Crippen LogP) is 3.77. The van der Waals surface area contributed by atoms with E-state index < -0.39 is 0 Å². The van der Waals surface area contributed by atoms with Crippen LogP contribution in [0.5, 0.6) is 0 Å². The maximum atomic E-state index is 11.8. The Morgan fingerprint density at radius 1 is 1.33 bits per heavy atom. The van der Waals surface area contributed by atoms with Crippen LogP contribution in [-0.2, 0) is 16.0 Å². The monoisotopic (exact) mass is 345 g/mol. The molecule has 1 N–H and O–H groups in total. The number of anilines is 1. The molecule has 1 unspecified atom stereocenters. The third kappa shape index (κ3) is 3.21. The molecule has 1 aliphatic heterocycles. The minimum Gasteiger partial charge on any atom is -0.360 e. The van der Waals surface area contributed by atoms with Crippen molar-refractivity contribution in [3.8, 4) is 11.3 Å². The van der Waals surface area contributed by atoms with Crippen molar-refractivity contribution in [1.82, 2.24) is 10.2 Å². The predicted molar refractivity (Wildman–Crippen MR) is 98.2 cm³/mol. The first-order valence-corrected chi connectivity index (χ1v) is 9.41. The molecule has 24 heavy (non-hydrogen) atoms. The van der Waals surface area contributed by atoms with Crippen molar-refractivity contribution in [2.24, 2.45) is 0 Å². The number of thioether (sulfide) groups is 1. The zero-order valence-corrected chi connectivity index (χ0v) is 15.3. The van der Waals surface area contributed by atoms with Gasteiger partial charge in [0.05, 0.1) is 18.0 Å². The lowest BCUT2D eigenvalue weighted by Crippen LogP contribution is -2.30. The molecule has 1 aromatic heterocycles. The Morgan fingerprint density at radius 2 is 2.12 bits per heavy atom. The maximum Gasteiger partial charge on any atom is 0.227 e. The molecule has 3 rings (SSSR count). The third-order valence-electron chi connectivity index (χ3n) is 4.24. The van der Waals surface area contributed by atoms with Gasteiger partial charge >= 0.3 is 0 Å². The Hall–Kier alpha value is -1.79. The number of hydrogen-bond acceptors (Lipinski definition) is 4. The highest BCUT2D eigenvalue weighted by molar-refractivity contribution is 7.98. The highest BCUT2D eigenvalue weighted by atomic mass is 32.2. The first kappa shape index (κ1) is 17.0. The lowest BCUT2D eigenvalue weighted by atomic mass is 9.97. The fraction of sp³-hybridized carbons (Fsp3) is 0.444. The van der Waals surface area contributed by atoms with E-state index >= 15 is 0 Å². The molecule has 5 nitrogen and oxygen atoms in total. The van der Waals surface area contributed by atoms with Crippen LogP contribution in [0.25, 0.3) is 11.3 Å². The Kier molecular flexibility index (Phi) is 4.96. The second-order valence-corrected chi connectivity index (χ2v) is 7.15. The summed E-state index contributed by atoms with van der Waals surface area (Å²) in [6.07, 6.45) is 5.37. The quantitative estimate of drug-likeness (QED) is 0.838. The van der Waals surface area contributed by atoms with Crippen molar-refractivity contribution in [2.45, 2.75) is 38.2 Å². The minimum absolute atomic E-state index is 0.0565.